The van der Waals surface area contributed by atoms with E-state index in [1.165, 1.54) is 44.1 Å². The Morgan fingerprint density at radius 1 is 0.824 bits per heavy atom. The van der Waals surface area contributed by atoms with E-state index in [0.29, 0.717) is 30.4 Å². The van der Waals surface area contributed by atoms with Crippen molar-refractivity contribution >= 4 is 51.7 Å². The first-order valence-electron chi connectivity index (χ1n) is 22.7. The maximum absolute atomic E-state index is 14.4. The van der Waals surface area contributed by atoms with Crippen LogP contribution in [-0.2, 0) is 44.9 Å². The largest absolute Gasteiger partial charge is 0.465 e. The number of nitrogens with two attached hydrogens (primary N) is 2. The lowest BCUT2D eigenvalue weighted by atomic mass is 9.76. The maximum Gasteiger partial charge on any atom is 0.407 e. The van der Waals surface area contributed by atoms with E-state index in [1.807, 2.05) is 19.9 Å². The number of benzene rings is 2. The summed E-state index contributed by atoms with van der Waals surface area (Å²) in [4.78, 5) is 94.2. The maximum atomic E-state index is 14.4. The summed E-state index contributed by atoms with van der Waals surface area (Å²) >= 11 is 0. The Bertz CT molecular complexity index is 2290. The van der Waals surface area contributed by atoms with Gasteiger partial charge in [-0.15, -0.1) is 0 Å². The average molecular weight is 968 g/mol. The van der Waals surface area contributed by atoms with Crippen LogP contribution in [0, 0.1) is 17.3 Å². The van der Waals surface area contributed by atoms with Crippen LogP contribution in [0.25, 0.3) is 0 Å². The molecule has 376 valence electrons. The van der Waals surface area contributed by atoms with Gasteiger partial charge in [0.1, 0.15) is 18.1 Å². The van der Waals surface area contributed by atoms with Gasteiger partial charge in [0.25, 0.3) is 15.9 Å². The molecule has 1 aliphatic rings. The van der Waals surface area contributed by atoms with Crippen molar-refractivity contribution in [3.63, 3.8) is 0 Å². The van der Waals surface area contributed by atoms with E-state index in [0.717, 1.165) is 4.90 Å². The number of nitrogens with one attached hydrogen (secondary N) is 5. The highest BCUT2D eigenvalue weighted by Crippen LogP contribution is 2.46. The normalized spacial score (nSPS) is 16.0. The third-order valence-electron chi connectivity index (χ3n) is 12.5. The molecule has 1 fully saturated rings. The van der Waals surface area contributed by atoms with Crippen molar-refractivity contribution in [2.45, 2.75) is 141 Å². The number of rotatable bonds is 22. The molecular weight excluding hydrogens is 895 g/mol. The topological polar surface area (TPSA) is 293 Å². The minimum atomic E-state index is -4.42. The fourth-order valence-corrected chi connectivity index (χ4v) is 8.95. The quantitative estimate of drug-likeness (QED) is 0.0625. The molecule has 0 aliphatic heterocycles. The predicted octanol–water partition coefficient (Wildman–Crippen LogP) is 3.43. The fraction of sp³-hybridized carbons (Fsp3) is 0.562. The van der Waals surface area contributed by atoms with Crippen LogP contribution in [0.2, 0.25) is 0 Å². The van der Waals surface area contributed by atoms with Crippen LogP contribution < -0.4 is 37.5 Å². The first kappa shape index (κ1) is 56.3. The van der Waals surface area contributed by atoms with Gasteiger partial charge in [0.2, 0.25) is 23.6 Å². The van der Waals surface area contributed by atoms with E-state index in [-0.39, 0.29) is 35.3 Å². The van der Waals surface area contributed by atoms with Crippen LogP contribution in [-0.4, -0.2) is 116 Å². The highest BCUT2D eigenvalue weighted by Gasteiger charge is 2.47. The second-order valence-electron chi connectivity index (χ2n) is 20.0. The third kappa shape index (κ3) is 14.5. The molecular formula is C48H73N9O10S. The van der Waals surface area contributed by atoms with Crippen LogP contribution in [0.1, 0.15) is 106 Å². The lowest BCUT2D eigenvalue weighted by Gasteiger charge is -2.41. The Morgan fingerprint density at radius 2 is 1.40 bits per heavy atom. The highest BCUT2D eigenvalue weighted by atomic mass is 32.2. The lowest BCUT2D eigenvalue weighted by Crippen LogP contribution is -2.62. The van der Waals surface area contributed by atoms with Gasteiger partial charge in [0.15, 0.2) is 0 Å². The van der Waals surface area contributed by atoms with Gasteiger partial charge in [-0.05, 0) is 73.1 Å². The first-order chi connectivity index (χ1) is 31.4. The molecule has 0 bridgehead atoms. The van der Waals surface area contributed by atoms with Gasteiger partial charge in [-0.1, -0.05) is 111 Å². The van der Waals surface area contributed by atoms with Crippen LogP contribution >= 0.6 is 0 Å². The molecule has 68 heavy (non-hydrogen) atoms. The summed E-state index contributed by atoms with van der Waals surface area (Å²) in [6.45, 7) is 17.6. The first-order valence-corrected chi connectivity index (χ1v) is 24.2. The summed E-state index contributed by atoms with van der Waals surface area (Å²) in [6.07, 6.45) is 1.72. The molecule has 2 aromatic rings. The number of carbonyl (C=O) groups is 7. The molecule has 8 amide bonds. The van der Waals surface area contributed by atoms with E-state index in [1.54, 1.807) is 84.9 Å². The number of primary amides is 1. The van der Waals surface area contributed by atoms with Gasteiger partial charge < -0.3 is 42.7 Å². The molecule has 0 radical (unpaired) electrons. The standard InChI is InChI=1S/C48H73N9O10S/c1-28(2)35(56(11)43(62)37(46(6,7)8)53-42(61)38(57(12)45(64)65)47(9,10)31-17-14-13-15-18-31)27-30(5)39(58)55-68(66,67)33-22-20-32(21-23-33)48(24-25-48)54-40(59)34(19-16-26-51-44(50)63)52-41(60)36(49)29(3)4/h13-15,17-18,20-23,27-29,34-38H,16,19,24-26,49H2,1-12H3,(H,52,60)(H,53,61)(H,54,59)(H,55,58)(H,64,65)(H3,50,51,63)/b30-27+/t34-,35-,36-,37-,38-/m1/s1. The number of sulfonamides is 1. The van der Waals surface area contributed by atoms with Gasteiger partial charge in [0.05, 0.1) is 22.5 Å². The Kier molecular flexibility index (Phi) is 18.9. The fourth-order valence-electron chi connectivity index (χ4n) is 7.93. The van der Waals surface area contributed by atoms with Gasteiger partial charge in [-0.25, -0.2) is 22.7 Å². The van der Waals surface area contributed by atoms with Gasteiger partial charge >= 0.3 is 12.1 Å². The second kappa shape index (κ2) is 22.9. The zero-order chi connectivity index (χ0) is 51.7. The predicted molar refractivity (Wildman–Crippen MR) is 258 cm³/mol. The summed E-state index contributed by atoms with van der Waals surface area (Å²) in [6, 6.07) is 8.99. The summed E-state index contributed by atoms with van der Waals surface area (Å²) in [5, 5.41) is 21.1. The zero-order valence-electron chi connectivity index (χ0n) is 41.4. The molecule has 0 spiro atoms. The van der Waals surface area contributed by atoms with E-state index >= 15 is 0 Å². The van der Waals surface area contributed by atoms with E-state index in [4.69, 9.17) is 11.5 Å². The van der Waals surface area contributed by atoms with Crippen molar-refractivity contribution in [3.05, 3.63) is 77.4 Å². The summed E-state index contributed by atoms with van der Waals surface area (Å²) < 4.78 is 29.3. The number of carbonyl (C=O) groups excluding carboxylic acids is 6. The molecule has 20 heteroatoms. The molecule has 3 rings (SSSR count). The smallest absolute Gasteiger partial charge is 0.407 e. The molecule has 0 heterocycles. The number of amides is 8. The van der Waals surface area contributed by atoms with Crippen molar-refractivity contribution in [1.82, 2.24) is 35.8 Å². The SMILES string of the molecule is C/C(=C\[C@H](C(C)C)N(C)C(=O)[C@@H](NC(=O)[C@@H](N(C)C(=O)O)C(C)(C)c1ccccc1)C(C)(C)C)C(=O)NS(=O)(=O)c1ccc(C2(NC(=O)[C@@H](CCCNC(N)=O)NC(=O)[C@H](N)C(C)C)CC2)cc1. The van der Waals surface area contributed by atoms with Crippen molar-refractivity contribution in [2.24, 2.45) is 28.7 Å². The minimum Gasteiger partial charge on any atom is -0.465 e. The molecule has 5 atom stereocenters. The van der Waals surface area contributed by atoms with Gasteiger partial charge in [-0.3, -0.25) is 28.9 Å². The number of urea groups is 1. The molecule has 2 aromatic carbocycles. The van der Waals surface area contributed by atoms with Crippen molar-refractivity contribution in [2.75, 3.05) is 20.6 Å². The number of carboxylic acid groups (broad SMARTS) is 1. The number of likely N-dealkylation sites (N-methyl/N-ethyl adjacent to an activating group) is 2. The van der Waals surface area contributed by atoms with Crippen molar-refractivity contribution < 1.29 is 47.1 Å². The Morgan fingerprint density at radius 3 is 1.88 bits per heavy atom. The average Bonchev–Trinajstić information content (AvgIpc) is 4.04. The van der Waals surface area contributed by atoms with Crippen molar-refractivity contribution in [1.29, 1.82) is 0 Å². The van der Waals surface area contributed by atoms with E-state index in [2.05, 4.69) is 26.0 Å². The molecule has 10 N–H and O–H groups in total. The monoisotopic (exact) mass is 968 g/mol. The second-order valence-corrected chi connectivity index (χ2v) is 21.7. The van der Waals surface area contributed by atoms with Crippen LogP contribution in [0.3, 0.4) is 0 Å². The number of nitrogens with zero attached hydrogens (tertiary/aromatic N) is 2. The number of hydrogen-bond acceptors (Lipinski definition) is 10. The van der Waals surface area contributed by atoms with Gasteiger partial charge in [0, 0.05) is 31.6 Å². The number of hydrogen-bond donors (Lipinski definition) is 8. The van der Waals surface area contributed by atoms with E-state index < -0.39 is 98.3 Å². The van der Waals surface area contributed by atoms with Crippen LogP contribution in [0.5, 0.6) is 0 Å². The molecule has 19 nitrogen and oxygen atoms in total. The Labute approximate surface area is 401 Å². The van der Waals surface area contributed by atoms with E-state index in [9.17, 15) is 47.1 Å². The molecule has 0 unspecified atom stereocenters. The zero-order valence-corrected chi connectivity index (χ0v) is 42.2. The van der Waals surface area contributed by atoms with Crippen LogP contribution in [0.15, 0.2) is 71.1 Å². The molecule has 1 aliphatic carbocycles. The summed E-state index contributed by atoms with van der Waals surface area (Å²) in [5.74, 6) is -3.62. The summed E-state index contributed by atoms with van der Waals surface area (Å²) in [7, 11) is -1.60. The molecule has 0 saturated heterocycles. The third-order valence-corrected chi connectivity index (χ3v) is 13.8. The molecule has 1 saturated carbocycles. The van der Waals surface area contributed by atoms with Gasteiger partial charge in [-0.2, -0.15) is 0 Å². The minimum absolute atomic E-state index is 0.00584. The van der Waals surface area contributed by atoms with Crippen molar-refractivity contribution in [3.8, 4) is 0 Å². The Hall–Kier alpha value is -6.02. The Balaban J connectivity index is 1.80. The summed E-state index contributed by atoms with van der Waals surface area (Å²) in [5.41, 5.74) is 9.77. The highest BCUT2D eigenvalue weighted by molar-refractivity contribution is 7.90. The lowest BCUT2D eigenvalue weighted by molar-refractivity contribution is -0.141. The van der Waals surface area contributed by atoms with Crippen LogP contribution in [0.4, 0.5) is 9.59 Å². The molecule has 0 aromatic heterocycles.